The molecule has 0 radical (unpaired) electrons. The highest BCUT2D eigenvalue weighted by Crippen LogP contribution is 2.41. The summed E-state index contributed by atoms with van der Waals surface area (Å²) >= 11 is 0. The number of hydrogen-bond donors (Lipinski definition) is 7. The van der Waals surface area contributed by atoms with E-state index in [4.69, 9.17) is 23.4 Å². The Morgan fingerprint density at radius 2 is 1.78 bits per heavy atom. The molecule has 7 N–H and O–H groups in total. The van der Waals surface area contributed by atoms with Crippen molar-refractivity contribution in [2.24, 2.45) is 0 Å². The van der Waals surface area contributed by atoms with Crippen molar-refractivity contribution in [3.8, 4) is 11.5 Å². The maximum absolute atomic E-state index is 12.7. The van der Waals surface area contributed by atoms with Gasteiger partial charge in [0.2, 0.25) is 6.29 Å². The molecule has 2 aromatic carbocycles. The number of benzene rings is 2. The number of Topliss-reactive ketones (excluding diaryl/α,β-unsaturated/α-hetero) is 1. The van der Waals surface area contributed by atoms with Crippen LogP contribution >= 0.6 is 0 Å². The number of aliphatic hydroxyl groups excluding tert-OH is 5. The van der Waals surface area contributed by atoms with E-state index in [2.05, 4.69) is 0 Å². The third-order valence-electron chi connectivity index (χ3n) is 7.31. The molecule has 3 aromatic rings. The van der Waals surface area contributed by atoms with Gasteiger partial charge < -0.3 is 59.1 Å². The maximum atomic E-state index is 12.7. The Hall–Kier alpha value is -3.18. The lowest BCUT2D eigenvalue weighted by molar-refractivity contribution is -0.289. The van der Waals surface area contributed by atoms with Crippen molar-refractivity contribution in [2.75, 3.05) is 19.8 Å². The smallest absolute Gasteiger partial charge is 0.229 e. The van der Waals surface area contributed by atoms with Gasteiger partial charge in [0.25, 0.3) is 0 Å². The molecule has 2 aliphatic heterocycles. The quantitative estimate of drug-likeness (QED) is 0.129. The van der Waals surface area contributed by atoms with Gasteiger partial charge in [0.15, 0.2) is 17.5 Å². The molecule has 0 spiro atoms. The summed E-state index contributed by atoms with van der Waals surface area (Å²) in [5.41, 5.74) is -2.27. The average molecular weight is 579 g/mol. The van der Waals surface area contributed by atoms with Crippen LogP contribution in [-0.4, -0.2) is 110 Å². The van der Waals surface area contributed by atoms with Crippen molar-refractivity contribution in [1.82, 2.24) is 0 Å². The summed E-state index contributed by atoms with van der Waals surface area (Å²) < 4.78 is 27.7. The number of aromatic hydroxyl groups is 1. The minimum atomic E-state index is -1.96. The minimum Gasteiger partial charge on any atom is -0.506 e. The summed E-state index contributed by atoms with van der Waals surface area (Å²) in [6.45, 7) is 1.13. The van der Waals surface area contributed by atoms with Crippen LogP contribution in [0.3, 0.4) is 0 Å². The number of hydrogen-bond acceptors (Lipinski definition) is 14. The zero-order chi connectivity index (χ0) is 29.8. The second-order valence-electron chi connectivity index (χ2n) is 10.3. The highest BCUT2D eigenvalue weighted by molar-refractivity contribution is 6.09. The molecular formula is C27H30O14. The number of phenols is 1. The van der Waals surface area contributed by atoms with E-state index in [1.807, 2.05) is 0 Å². The largest absolute Gasteiger partial charge is 0.506 e. The molecule has 14 nitrogen and oxygen atoms in total. The van der Waals surface area contributed by atoms with Crippen molar-refractivity contribution >= 4 is 27.5 Å². The average Bonchev–Trinajstić information content (AvgIpc) is 3.21. The maximum Gasteiger partial charge on any atom is 0.229 e. The molecule has 0 bridgehead atoms. The monoisotopic (exact) mass is 578 g/mol. The molecule has 2 fully saturated rings. The summed E-state index contributed by atoms with van der Waals surface area (Å²) in [6, 6.07) is 5.37. The van der Waals surface area contributed by atoms with Gasteiger partial charge in [0.05, 0.1) is 25.2 Å². The minimum absolute atomic E-state index is 0.00590. The zero-order valence-corrected chi connectivity index (χ0v) is 22.0. The number of phenolic OH excluding ortho intramolecular Hbond substituents is 1. The summed E-state index contributed by atoms with van der Waals surface area (Å²) in [6.07, 6.45) is -11.4. The van der Waals surface area contributed by atoms with E-state index in [-0.39, 0.29) is 38.8 Å². The van der Waals surface area contributed by atoms with E-state index in [9.17, 15) is 45.3 Å². The molecule has 41 heavy (non-hydrogen) atoms. The molecule has 222 valence electrons. The number of aryl methyl sites for hydroxylation is 1. The Morgan fingerprint density at radius 3 is 2.44 bits per heavy atom. The van der Waals surface area contributed by atoms with Crippen LogP contribution in [0.1, 0.15) is 23.0 Å². The fourth-order valence-corrected chi connectivity index (χ4v) is 4.93. The van der Waals surface area contributed by atoms with E-state index in [1.165, 1.54) is 31.2 Å². The van der Waals surface area contributed by atoms with Crippen molar-refractivity contribution in [3.05, 3.63) is 45.8 Å². The molecule has 14 heteroatoms. The summed E-state index contributed by atoms with van der Waals surface area (Å²) in [5.74, 6) is -0.754. The molecule has 3 heterocycles. The van der Waals surface area contributed by atoms with Gasteiger partial charge in [-0.1, -0.05) is 0 Å². The first-order chi connectivity index (χ1) is 19.3. The third kappa shape index (κ3) is 5.18. The molecule has 0 aliphatic carbocycles. The fraction of sp³-hybridized carbons (Fsp3) is 0.481. The number of carbonyl (C=O) groups is 1. The first-order valence-electron chi connectivity index (χ1n) is 12.7. The van der Waals surface area contributed by atoms with Crippen LogP contribution in [0.2, 0.25) is 0 Å². The summed E-state index contributed by atoms with van der Waals surface area (Å²) in [5, 5.41) is 72.5. The third-order valence-corrected chi connectivity index (χ3v) is 7.31. The van der Waals surface area contributed by atoms with E-state index in [0.29, 0.717) is 5.76 Å². The lowest BCUT2D eigenvalue weighted by Gasteiger charge is -2.40. The number of ketones is 1. The van der Waals surface area contributed by atoms with E-state index >= 15 is 0 Å². The highest BCUT2D eigenvalue weighted by atomic mass is 16.7. The van der Waals surface area contributed by atoms with Crippen LogP contribution < -0.4 is 10.2 Å². The van der Waals surface area contributed by atoms with Crippen molar-refractivity contribution in [3.63, 3.8) is 0 Å². The van der Waals surface area contributed by atoms with Gasteiger partial charge >= 0.3 is 0 Å². The molecule has 1 aromatic heterocycles. The first kappa shape index (κ1) is 29.3. The molecule has 8 atom stereocenters. The highest BCUT2D eigenvalue weighted by Gasteiger charge is 2.50. The topological polar surface area (TPSA) is 226 Å². The summed E-state index contributed by atoms with van der Waals surface area (Å²) in [4.78, 5) is 24.9. The lowest BCUT2D eigenvalue weighted by atomic mass is 9.98. The number of fused-ring (bicyclic) bond motifs is 2. The van der Waals surface area contributed by atoms with Gasteiger partial charge in [-0.25, -0.2) is 0 Å². The van der Waals surface area contributed by atoms with Crippen LogP contribution in [0.4, 0.5) is 0 Å². The molecular weight excluding hydrogens is 548 g/mol. The van der Waals surface area contributed by atoms with Gasteiger partial charge in [-0.05, 0) is 37.4 Å². The Labute approximate surface area is 231 Å². The molecule has 0 amide bonds. The Morgan fingerprint density at radius 1 is 1.05 bits per heavy atom. The first-order valence-corrected chi connectivity index (χ1v) is 12.7. The van der Waals surface area contributed by atoms with Crippen molar-refractivity contribution < 1.29 is 63.9 Å². The van der Waals surface area contributed by atoms with Crippen LogP contribution in [0.5, 0.6) is 11.5 Å². The number of rotatable bonds is 7. The number of aliphatic hydroxyl groups is 6. The normalized spacial score (nSPS) is 32.0. The molecule has 5 rings (SSSR count). The molecule has 1 unspecified atom stereocenters. The second kappa shape index (κ2) is 10.9. The van der Waals surface area contributed by atoms with Gasteiger partial charge in [-0.3, -0.25) is 9.59 Å². The summed E-state index contributed by atoms with van der Waals surface area (Å²) in [7, 11) is 0. The van der Waals surface area contributed by atoms with Gasteiger partial charge in [0, 0.05) is 11.6 Å². The SMILES string of the molecule is CC(=O)c1cc(O[C@@H]2O[C@H](CO[C@@H]3OCC(O)(CO)[C@H]3O)[C@@H](O)[C@H](O)[C@H]2O)c2c(O)c3c(=O)cc(C)oc3cc2c1. The number of ether oxygens (including phenoxy) is 4. The Bertz CT molecular complexity index is 1530. The van der Waals surface area contributed by atoms with Gasteiger partial charge in [-0.2, -0.15) is 0 Å². The number of carbonyl (C=O) groups excluding carboxylic acids is 1. The van der Waals surface area contributed by atoms with Gasteiger partial charge in [0.1, 0.15) is 64.3 Å². The van der Waals surface area contributed by atoms with Crippen LogP contribution in [0.15, 0.2) is 33.5 Å². The Kier molecular flexibility index (Phi) is 7.80. The van der Waals surface area contributed by atoms with E-state index in [1.54, 1.807) is 6.92 Å². The zero-order valence-electron chi connectivity index (χ0n) is 22.0. The molecule has 0 saturated carbocycles. The lowest BCUT2D eigenvalue weighted by Crippen LogP contribution is -2.60. The predicted octanol–water partition coefficient (Wildman–Crippen LogP) is -1.19. The van der Waals surface area contributed by atoms with E-state index in [0.717, 1.165) is 0 Å². The second-order valence-corrected chi connectivity index (χ2v) is 10.3. The molecule has 2 saturated heterocycles. The van der Waals surface area contributed by atoms with Gasteiger partial charge in [-0.15, -0.1) is 0 Å². The van der Waals surface area contributed by atoms with Crippen molar-refractivity contribution in [1.29, 1.82) is 0 Å². The van der Waals surface area contributed by atoms with Crippen LogP contribution in [0.25, 0.3) is 21.7 Å². The molecule has 2 aliphatic rings. The van der Waals surface area contributed by atoms with Crippen molar-refractivity contribution in [2.45, 2.75) is 62.5 Å². The van der Waals surface area contributed by atoms with Crippen LogP contribution in [0, 0.1) is 6.92 Å². The van der Waals surface area contributed by atoms with Crippen LogP contribution in [-0.2, 0) is 14.2 Å². The Balaban J connectivity index is 1.48. The standard InChI is InChI=1S/C27H30O14/c1-10-3-14(30)19-16(39-10)6-13-4-12(11(2)29)5-15(18(13)21(19)32)40-25-23(34)22(33)20(31)17(41-25)7-37-26-24(35)27(36,8-28)9-38-26/h3-6,17,20,22-26,28,31-36H,7-9H2,1-2H3/t17-,20-,22+,23-,24+,25-,26-,27?/m1/s1. The fourth-order valence-electron chi connectivity index (χ4n) is 4.93. The predicted molar refractivity (Wildman–Crippen MR) is 137 cm³/mol. The van der Waals surface area contributed by atoms with E-state index < -0.39 is 79.7 Å².